The number of ether oxygens (including phenoxy) is 2. The number of hydrogen-bond donors (Lipinski definition) is 1. The molecule has 0 aliphatic carbocycles. The molecule has 1 N–H and O–H groups in total. The van der Waals surface area contributed by atoms with Crippen molar-refractivity contribution >= 4 is 5.91 Å². The van der Waals surface area contributed by atoms with E-state index in [4.69, 9.17) is 9.47 Å². The second-order valence-electron chi connectivity index (χ2n) is 6.80. The highest BCUT2D eigenvalue weighted by Crippen LogP contribution is 2.32. The van der Waals surface area contributed by atoms with Crippen LogP contribution in [0.2, 0.25) is 0 Å². The molecule has 4 rings (SSSR count). The van der Waals surface area contributed by atoms with E-state index >= 15 is 0 Å². The monoisotopic (exact) mass is 380 g/mol. The van der Waals surface area contributed by atoms with Crippen LogP contribution in [0.5, 0.6) is 0 Å². The molecule has 1 aromatic heterocycles. The number of H-pyrrole nitrogens is 1. The Morgan fingerprint density at radius 3 is 2.59 bits per heavy atom. The summed E-state index contributed by atoms with van der Waals surface area (Å²) in [5.74, 6) is -0.122. The first-order valence-electron chi connectivity index (χ1n) is 8.79. The van der Waals surface area contributed by atoms with E-state index in [9.17, 15) is 19.7 Å². The van der Waals surface area contributed by atoms with Crippen molar-refractivity contribution in [3.05, 3.63) is 44.4 Å². The highest BCUT2D eigenvalue weighted by atomic mass is 17.0. The number of carbonyl (C=O) groups excluding carboxylic acids is 1. The maximum atomic E-state index is 12.5. The van der Waals surface area contributed by atoms with Gasteiger partial charge in [-0.15, -0.1) is 10.1 Å². The Morgan fingerprint density at radius 1 is 1.19 bits per heavy atom. The first-order valence-corrected chi connectivity index (χ1v) is 8.79. The summed E-state index contributed by atoms with van der Waals surface area (Å²) in [7, 11) is 0. The SMILES string of the molecule is O=C(c1ccc(=O)[nH]c1)N1CCN([C@H]2CO[C@H]3[C@@H]2OC[C@@H]3O[N+](=O)[O-])CC1. The molecule has 0 unspecified atom stereocenters. The lowest BCUT2D eigenvalue weighted by atomic mass is 10.1. The zero-order valence-electron chi connectivity index (χ0n) is 14.5. The standard InChI is InChI=1S/C16H20N4O7/c21-13-2-1-10(7-17-13)16(22)19-5-3-18(4-6-19)11-8-25-15-12(27-20(23)24)9-26-14(11)15/h1-2,7,11-12,14-15H,3-6,8-9H2,(H,17,21)/t11-,12-,14+,15+/m0/s1. The van der Waals surface area contributed by atoms with Crippen molar-refractivity contribution in [2.75, 3.05) is 39.4 Å². The van der Waals surface area contributed by atoms with Crippen LogP contribution in [-0.2, 0) is 14.3 Å². The fourth-order valence-electron chi connectivity index (χ4n) is 3.94. The fourth-order valence-corrected chi connectivity index (χ4v) is 3.94. The van der Waals surface area contributed by atoms with Crippen molar-refractivity contribution in [3.8, 4) is 0 Å². The fraction of sp³-hybridized carbons (Fsp3) is 0.625. The van der Waals surface area contributed by atoms with Crippen LogP contribution in [0.3, 0.4) is 0 Å². The molecule has 0 saturated carbocycles. The molecule has 3 aliphatic heterocycles. The van der Waals surface area contributed by atoms with Gasteiger partial charge in [-0.05, 0) is 6.07 Å². The summed E-state index contributed by atoms with van der Waals surface area (Å²) in [6.45, 7) is 2.94. The number of carbonyl (C=O) groups is 1. The molecule has 27 heavy (non-hydrogen) atoms. The van der Waals surface area contributed by atoms with Gasteiger partial charge >= 0.3 is 0 Å². The molecule has 4 heterocycles. The van der Waals surface area contributed by atoms with E-state index in [0.717, 1.165) is 0 Å². The molecule has 1 amide bonds. The number of piperazine rings is 1. The molecule has 3 fully saturated rings. The molecule has 0 spiro atoms. The topological polar surface area (TPSA) is 127 Å². The van der Waals surface area contributed by atoms with Crippen molar-refractivity contribution in [3.63, 3.8) is 0 Å². The van der Waals surface area contributed by atoms with Crippen molar-refractivity contribution in [2.24, 2.45) is 0 Å². The molecule has 4 atom stereocenters. The lowest BCUT2D eigenvalue weighted by Gasteiger charge is -2.38. The molecule has 11 heteroatoms. The average Bonchev–Trinajstić information content (AvgIpc) is 3.25. The molecule has 1 aromatic rings. The van der Waals surface area contributed by atoms with Gasteiger partial charge in [0, 0.05) is 38.4 Å². The van der Waals surface area contributed by atoms with Gasteiger partial charge in [0.1, 0.15) is 12.2 Å². The smallest absolute Gasteiger partial charge is 0.294 e. The van der Waals surface area contributed by atoms with E-state index in [-0.39, 0.29) is 30.2 Å². The highest BCUT2D eigenvalue weighted by molar-refractivity contribution is 5.93. The maximum Gasteiger partial charge on any atom is 0.294 e. The molecule has 11 nitrogen and oxygen atoms in total. The number of nitrogens with zero attached hydrogens (tertiary/aromatic N) is 3. The first-order chi connectivity index (χ1) is 13.0. The van der Waals surface area contributed by atoms with Crippen molar-refractivity contribution < 1.29 is 24.2 Å². The zero-order chi connectivity index (χ0) is 19.0. The Kier molecular flexibility index (Phi) is 4.81. The second-order valence-corrected chi connectivity index (χ2v) is 6.80. The number of pyridine rings is 1. The minimum absolute atomic E-state index is 0.0133. The lowest BCUT2D eigenvalue weighted by molar-refractivity contribution is -0.769. The molecular formula is C16H20N4O7. The van der Waals surface area contributed by atoms with Crippen molar-refractivity contribution in [2.45, 2.75) is 24.4 Å². The van der Waals surface area contributed by atoms with Crippen LogP contribution < -0.4 is 5.56 Å². The summed E-state index contributed by atoms with van der Waals surface area (Å²) in [5, 5.41) is 9.76. The number of aromatic amines is 1. The average molecular weight is 380 g/mol. The van der Waals surface area contributed by atoms with E-state index < -0.39 is 17.3 Å². The number of aromatic nitrogens is 1. The summed E-state index contributed by atoms with van der Waals surface area (Å²) in [4.78, 5) is 45.3. The second kappa shape index (κ2) is 7.25. The van der Waals surface area contributed by atoms with Gasteiger partial charge in [0.25, 0.3) is 11.0 Å². The Labute approximate surface area is 153 Å². The summed E-state index contributed by atoms with van der Waals surface area (Å²) < 4.78 is 11.4. The van der Waals surface area contributed by atoms with Crippen LogP contribution >= 0.6 is 0 Å². The van der Waals surface area contributed by atoms with Crippen LogP contribution in [0.4, 0.5) is 0 Å². The van der Waals surface area contributed by atoms with Gasteiger partial charge in [-0.1, -0.05) is 0 Å². The van der Waals surface area contributed by atoms with E-state index in [1.165, 1.54) is 18.3 Å². The largest absolute Gasteiger partial charge is 0.371 e. The van der Waals surface area contributed by atoms with Gasteiger partial charge in [0.2, 0.25) is 5.56 Å². The summed E-state index contributed by atoms with van der Waals surface area (Å²) in [6.07, 6.45) is 0.0181. The van der Waals surface area contributed by atoms with E-state index in [1.807, 2.05) is 0 Å². The summed E-state index contributed by atoms with van der Waals surface area (Å²) in [5.41, 5.74) is 0.203. The Bertz CT molecular complexity index is 756. The van der Waals surface area contributed by atoms with E-state index in [0.29, 0.717) is 38.3 Å². The predicted octanol–water partition coefficient (Wildman–Crippen LogP) is -1.12. The highest BCUT2D eigenvalue weighted by Gasteiger charge is 2.51. The molecule has 0 bridgehead atoms. The van der Waals surface area contributed by atoms with Crippen LogP contribution in [0.25, 0.3) is 0 Å². The number of fused-ring (bicyclic) bond motifs is 1. The molecule has 3 saturated heterocycles. The number of nitrogens with one attached hydrogen (secondary N) is 1. The normalized spacial score (nSPS) is 30.9. The van der Waals surface area contributed by atoms with Gasteiger partial charge in [-0.25, -0.2) is 0 Å². The van der Waals surface area contributed by atoms with Crippen LogP contribution in [0.1, 0.15) is 10.4 Å². The van der Waals surface area contributed by atoms with Gasteiger partial charge in [0.15, 0.2) is 6.10 Å². The third-order valence-electron chi connectivity index (χ3n) is 5.30. The molecule has 0 radical (unpaired) electrons. The number of amides is 1. The number of rotatable bonds is 4. The van der Waals surface area contributed by atoms with Crippen LogP contribution in [0, 0.1) is 10.1 Å². The quantitative estimate of drug-likeness (QED) is 0.514. The van der Waals surface area contributed by atoms with Gasteiger partial charge in [-0.3, -0.25) is 14.5 Å². The predicted molar refractivity (Wildman–Crippen MR) is 89.7 cm³/mol. The van der Waals surface area contributed by atoms with Crippen LogP contribution in [-0.4, -0.2) is 89.5 Å². The van der Waals surface area contributed by atoms with Crippen LogP contribution in [0.15, 0.2) is 23.1 Å². The summed E-state index contributed by atoms with van der Waals surface area (Å²) in [6, 6.07) is 2.84. The molecule has 146 valence electrons. The van der Waals surface area contributed by atoms with E-state index in [2.05, 4.69) is 14.7 Å². The van der Waals surface area contributed by atoms with Gasteiger partial charge < -0.3 is 24.2 Å². The molecular weight excluding hydrogens is 360 g/mol. The summed E-state index contributed by atoms with van der Waals surface area (Å²) >= 11 is 0. The zero-order valence-corrected chi connectivity index (χ0v) is 14.5. The Balaban J connectivity index is 1.33. The van der Waals surface area contributed by atoms with Gasteiger partial charge in [0.05, 0.1) is 24.8 Å². The minimum atomic E-state index is -0.811. The third kappa shape index (κ3) is 3.53. The minimum Gasteiger partial charge on any atom is -0.371 e. The Morgan fingerprint density at radius 2 is 1.93 bits per heavy atom. The first kappa shape index (κ1) is 17.9. The molecule has 3 aliphatic rings. The maximum absolute atomic E-state index is 12.5. The van der Waals surface area contributed by atoms with Crippen molar-refractivity contribution in [1.29, 1.82) is 0 Å². The third-order valence-corrected chi connectivity index (χ3v) is 5.30. The number of hydrogen-bond acceptors (Lipinski definition) is 8. The Hall–Kier alpha value is -2.50. The van der Waals surface area contributed by atoms with Crippen molar-refractivity contribution in [1.82, 2.24) is 14.8 Å². The lowest BCUT2D eigenvalue weighted by Crippen LogP contribution is -2.55. The molecule has 0 aromatic carbocycles. The van der Waals surface area contributed by atoms with Gasteiger partial charge in [-0.2, -0.15) is 0 Å². The van der Waals surface area contributed by atoms with E-state index in [1.54, 1.807) is 4.90 Å².